The molecule has 1 atom stereocenters. The maximum Gasteiger partial charge on any atom is 0.256 e. The highest BCUT2D eigenvalue weighted by Gasteiger charge is 2.33. The second kappa shape index (κ2) is 6.58. The lowest BCUT2D eigenvalue weighted by Gasteiger charge is -2.37. The first-order valence-corrected chi connectivity index (χ1v) is 8.87. The van der Waals surface area contributed by atoms with Crippen molar-refractivity contribution in [2.75, 3.05) is 6.54 Å². The van der Waals surface area contributed by atoms with Gasteiger partial charge in [0.1, 0.15) is 0 Å². The van der Waals surface area contributed by atoms with Gasteiger partial charge in [-0.25, -0.2) is 0 Å². The number of aromatic nitrogens is 1. The molecule has 0 saturated carbocycles. The third-order valence-electron chi connectivity index (χ3n) is 4.60. The molecule has 0 N–H and O–H groups in total. The highest BCUT2D eigenvalue weighted by Crippen LogP contribution is 2.35. The van der Waals surface area contributed by atoms with Crippen LogP contribution in [-0.2, 0) is 6.54 Å². The fraction of sp³-hybridized carbons (Fsp3) is 0.150. The molecule has 126 valence electrons. The van der Waals surface area contributed by atoms with Crippen LogP contribution in [0.1, 0.15) is 27.7 Å². The molecule has 0 saturated heterocycles. The molecule has 1 aromatic heterocycles. The van der Waals surface area contributed by atoms with Crippen LogP contribution >= 0.6 is 23.2 Å². The Kier molecular flexibility index (Phi) is 4.28. The second-order valence-electron chi connectivity index (χ2n) is 6.04. The Hall–Kier alpha value is -2.23. The zero-order chi connectivity index (χ0) is 17.4. The molecule has 1 aliphatic rings. The summed E-state index contributed by atoms with van der Waals surface area (Å²) in [5.41, 5.74) is 2.62. The molecule has 3 nitrogen and oxygen atoms in total. The molecule has 0 fully saturated rings. The lowest BCUT2D eigenvalue weighted by atomic mass is 9.99. The summed E-state index contributed by atoms with van der Waals surface area (Å²) in [6.45, 7) is 1.37. The summed E-state index contributed by atoms with van der Waals surface area (Å²) in [5, 5.41) is 0.700. The predicted molar refractivity (Wildman–Crippen MR) is 100 cm³/mol. The lowest BCUT2D eigenvalue weighted by Crippen LogP contribution is -2.42. The highest BCUT2D eigenvalue weighted by molar-refractivity contribution is 6.43. The molecule has 25 heavy (non-hydrogen) atoms. The number of rotatable bonds is 2. The molecule has 0 spiro atoms. The molecule has 1 aliphatic heterocycles. The number of nitrogens with zero attached hydrogens (tertiary/aromatic N) is 2. The van der Waals surface area contributed by atoms with Gasteiger partial charge in [-0.1, -0.05) is 59.6 Å². The van der Waals surface area contributed by atoms with Crippen LogP contribution in [0.25, 0.3) is 0 Å². The lowest BCUT2D eigenvalue weighted by molar-refractivity contribution is 0.0664. The van der Waals surface area contributed by atoms with Gasteiger partial charge < -0.3 is 9.47 Å². The van der Waals surface area contributed by atoms with E-state index in [1.54, 1.807) is 18.2 Å². The van der Waals surface area contributed by atoms with Crippen LogP contribution in [0.2, 0.25) is 10.0 Å². The summed E-state index contributed by atoms with van der Waals surface area (Å²) in [6.07, 6.45) is 2.06. The quantitative estimate of drug-likeness (QED) is 0.620. The van der Waals surface area contributed by atoms with Crippen LogP contribution in [0.15, 0.2) is 66.9 Å². The summed E-state index contributed by atoms with van der Waals surface area (Å²) >= 11 is 12.4. The van der Waals surface area contributed by atoms with Gasteiger partial charge in [0, 0.05) is 25.0 Å². The molecule has 2 heterocycles. The van der Waals surface area contributed by atoms with E-state index in [0.29, 0.717) is 22.2 Å². The largest absolute Gasteiger partial charge is 0.348 e. The molecule has 4 rings (SSSR count). The number of hydrogen-bond donors (Lipinski definition) is 0. The number of amides is 1. The van der Waals surface area contributed by atoms with Crippen LogP contribution in [0, 0.1) is 0 Å². The van der Waals surface area contributed by atoms with E-state index in [1.165, 1.54) is 0 Å². The molecule has 1 amide bonds. The topological polar surface area (TPSA) is 25.2 Å². The van der Waals surface area contributed by atoms with Gasteiger partial charge >= 0.3 is 0 Å². The van der Waals surface area contributed by atoms with Crippen molar-refractivity contribution >= 4 is 29.1 Å². The van der Waals surface area contributed by atoms with Gasteiger partial charge in [0.05, 0.1) is 21.7 Å². The van der Waals surface area contributed by atoms with E-state index in [9.17, 15) is 4.79 Å². The van der Waals surface area contributed by atoms with E-state index in [1.807, 2.05) is 41.3 Å². The maximum atomic E-state index is 13.3. The first-order chi connectivity index (χ1) is 12.2. The Balaban J connectivity index is 1.80. The standard InChI is InChI=1S/C20H16Cl2N2O/c21-16-9-4-8-15(18(16)22)20(25)24-13-12-23-11-5-10-17(23)19(24)14-6-2-1-3-7-14/h1-11,19H,12-13H2. The summed E-state index contributed by atoms with van der Waals surface area (Å²) in [4.78, 5) is 15.1. The van der Waals surface area contributed by atoms with Crippen LogP contribution in [0.4, 0.5) is 0 Å². The molecule has 2 aromatic carbocycles. The molecular weight excluding hydrogens is 355 g/mol. The Morgan fingerprint density at radius 3 is 2.52 bits per heavy atom. The smallest absolute Gasteiger partial charge is 0.256 e. The van der Waals surface area contributed by atoms with Crippen molar-refractivity contribution in [2.24, 2.45) is 0 Å². The van der Waals surface area contributed by atoms with Crippen molar-refractivity contribution in [3.05, 3.63) is 93.7 Å². The number of hydrogen-bond acceptors (Lipinski definition) is 1. The molecule has 0 aliphatic carbocycles. The third kappa shape index (κ3) is 2.84. The Morgan fingerprint density at radius 1 is 0.920 bits per heavy atom. The summed E-state index contributed by atoms with van der Waals surface area (Å²) in [5.74, 6) is -0.103. The zero-order valence-corrected chi connectivity index (χ0v) is 14.9. The number of benzene rings is 2. The van der Waals surface area contributed by atoms with Crippen molar-refractivity contribution in [3.63, 3.8) is 0 Å². The van der Waals surface area contributed by atoms with Gasteiger partial charge in [-0.3, -0.25) is 4.79 Å². The minimum Gasteiger partial charge on any atom is -0.348 e. The number of carbonyl (C=O) groups excluding carboxylic acids is 1. The average Bonchev–Trinajstić information content (AvgIpc) is 3.12. The highest BCUT2D eigenvalue weighted by atomic mass is 35.5. The minimum absolute atomic E-state index is 0.103. The molecule has 5 heteroatoms. The van der Waals surface area contributed by atoms with Gasteiger partial charge in [0.2, 0.25) is 0 Å². The van der Waals surface area contributed by atoms with Crippen molar-refractivity contribution in [3.8, 4) is 0 Å². The van der Waals surface area contributed by atoms with Crippen LogP contribution in [-0.4, -0.2) is 21.9 Å². The van der Waals surface area contributed by atoms with E-state index in [2.05, 4.69) is 16.8 Å². The third-order valence-corrected chi connectivity index (χ3v) is 5.42. The fourth-order valence-corrected chi connectivity index (χ4v) is 3.79. The van der Waals surface area contributed by atoms with Gasteiger partial charge in [-0.15, -0.1) is 0 Å². The normalized spacial score (nSPS) is 16.6. The number of carbonyl (C=O) groups is 1. The molecule has 0 bridgehead atoms. The van der Waals surface area contributed by atoms with Gasteiger partial charge in [0.15, 0.2) is 0 Å². The van der Waals surface area contributed by atoms with Gasteiger partial charge in [-0.05, 0) is 29.8 Å². The summed E-state index contributed by atoms with van der Waals surface area (Å²) in [6, 6.07) is 19.2. The first-order valence-electron chi connectivity index (χ1n) is 8.12. The maximum absolute atomic E-state index is 13.3. The molecule has 0 radical (unpaired) electrons. The number of halogens is 2. The van der Waals surface area contributed by atoms with Crippen molar-refractivity contribution in [2.45, 2.75) is 12.6 Å². The first kappa shape index (κ1) is 16.2. The molecule has 1 unspecified atom stereocenters. The second-order valence-corrected chi connectivity index (χ2v) is 6.82. The molecular formula is C20H16Cl2N2O. The Bertz CT molecular complexity index is 920. The van der Waals surface area contributed by atoms with Crippen molar-refractivity contribution < 1.29 is 4.79 Å². The predicted octanol–water partition coefficient (Wildman–Crippen LogP) is 5.04. The Labute approximate surface area is 156 Å². The molecule has 3 aromatic rings. The fourth-order valence-electron chi connectivity index (χ4n) is 3.41. The van der Waals surface area contributed by atoms with E-state index in [-0.39, 0.29) is 11.9 Å². The van der Waals surface area contributed by atoms with E-state index in [4.69, 9.17) is 23.2 Å². The monoisotopic (exact) mass is 370 g/mol. The SMILES string of the molecule is O=C(c1cccc(Cl)c1Cl)N1CCn2cccc2C1c1ccccc1. The van der Waals surface area contributed by atoms with E-state index >= 15 is 0 Å². The van der Waals surface area contributed by atoms with Crippen LogP contribution in [0.5, 0.6) is 0 Å². The van der Waals surface area contributed by atoms with Gasteiger partial charge in [-0.2, -0.15) is 0 Å². The van der Waals surface area contributed by atoms with Crippen molar-refractivity contribution in [1.82, 2.24) is 9.47 Å². The summed E-state index contributed by atoms with van der Waals surface area (Å²) < 4.78 is 2.20. The van der Waals surface area contributed by atoms with Crippen LogP contribution < -0.4 is 0 Å². The summed E-state index contributed by atoms with van der Waals surface area (Å²) in [7, 11) is 0. The van der Waals surface area contributed by atoms with Crippen LogP contribution in [0.3, 0.4) is 0 Å². The Morgan fingerprint density at radius 2 is 1.72 bits per heavy atom. The van der Waals surface area contributed by atoms with Crippen molar-refractivity contribution in [1.29, 1.82) is 0 Å². The zero-order valence-electron chi connectivity index (χ0n) is 13.4. The van der Waals surface area contributed by atoms with E-state index < -0.39 is 0 Å². The van der Waals surface area contributed by atoms with Gasteiger partial charge in [0.25, 0.3) is 5.91 Å². The number of fused-ring (bicyclic) bond motifs is 1. The minimum atomic E-state index is -0.146. The average molecular weight is 371 g/mol. The van der Waals surface area contributed by atoms with E-state index in [0.717, 1.165) is 17.8 Å².